The number of para-hydroxylation sites is 1. The zero-order valence-electron chi connectivity index (χ0n) is 10.2. The van der Waals surface area contributed by atoms with Gasteiger partial charge in [-0.1, -0.05) is 18.2 Å². The van der Waals surface area contributed by atoms with Gasteiger partial charge in [0, 0.05) is 6.54 Å². The Morgan fingerprint density at radius 1 is 1.21 bits per heavy atom. The van der Waals surface area contributed by atoms with Crippen molar-refractivity contribution >= 4 is 17.3 Å². The van der Waals surface area contributed by atoms with Crippen LogP contribution in [0.5, 0.6) is 0 Å². The average Bonchev–Trinajstić information content (AvgIpc) is 2.37. The third kappa shape index (κ3) is 3.01. The van der Waals surface area contributed by atoms with Crippen molar-refractivity contribution in [3.8, 4) is 0 Å². The highest BCUT2D eigenvalue weighted by Gasteiger charge is 2.10. The highest BCUT2D eigenvalue weighted by Crippen LogP contribution is 2.23. The molecule has 98 valence electrons. The lowest BCUT2D eigenvalue weighted by Gasteiger charge is -2.12. The number of carbonyl (C=O) groups is 1. The lowest BCUT2D eigenvalue weighted by Crippen LogP contribution is -2.15. The largest absolute Gasteiger partial charge is 0.397 e. The zero-order valence-corrected chi connectivity index (χ0v) is 10.2. The van der Waals surface area contributed by atoms with Gasteiger partial charge in [0.05, 0.1) is 16.9 Å². The van der Waals surface area contributed by atoms with Crippen molar-refractivity contribution < 1.29 is 9.18 Å². The third-order valence-corrected chi connectivity index (χ3v) is 2.72. The second-order valence-electron chi connectivity index (χ2n) is 4.12. The van der Waals surface area contributed by atoms with Crippen LogP contribution in [0.2, 0.25) is 0 Å². The van der Waals surface area contributed by atoms with Crippen LogP contribution < -0.4 is 16.8 Å². The topological polar surface area (TPSA) is 81.1 Å². The Bertz CT molecular complexity index is 613. The van der Waals surface area contributed by atoms with Crippen molar-refractivity contribution in [1.29, 1.82) is 0 Å². The summed E-state index contributed by atoms with van der Waals surface area (Å²) in [5, 5.41) is 3.01. The van der Waals surface area contributed by atoms with Gasteiger partial charge in [-0.3, -0.25) is 4.79 Å². The van der Waals surface area contributed by atoms with E-state index in [0.29, 0.717) is 23.5 Å². The van der Waals surface area contributed by atoms with E-state index < -0.39 is 5.91 Å². The number of carbonyl (C=O) groups excluding carboxylic acids is 1. The van der Waals surface area contributed by atoms with Gasteiger partial charge in [-0.25, -0.2) is 4.39 Å². The monoisotopic (exact) mass is 259 g/mol. The first-order valence-electron chi connectivity index (χ1n) is 5.74. The summed E-state index contributed by atoms with van der Waals surface area (Å²) in [7, 11) is 0. The Labute approximate surface area is 110 Å². The number of rotatable bonds is 4. The highest BCUT2D eigenvalue weighted by molar-refractivity contribution is 6.01. The fourth-order valence-electron chi connectivity index (χ4n) is 1.81. The molecule has 2 aromatic rings. The van der Waals surface area contributed by atoms with Crippen LogP contribution in [0.15, 0.2) is 42.5 Å². The third-order valence-electron chi connectivity index (χ3n) is 2.72. The fourth-order valence-corrected chi connectivity index (χ4v) is 1.81. The molecule has 1 amide bonds. The van der Waals surface area contributed by atoms with Crippen LogP contribution in [0.1, 0.15) is 15.9 Å². The SMILES string of the molecule is NC(=O)c1cccc(N)c1NCc1cccc(F)c1. The number of anilines is 2. The molecule has 0 saturated heterocycles. The van der Waals surface area contributed by atoms with Crippen molar-refractivity contribution in [2.75, 3.05) is 11.1 Å². The summed E-state index contributed by atoms with van der Waals surface area (Å²) in [6.07, 6.45) is 0. The second-order valence-corrected chi connectivity index (χ2v) is 4.12. The van der Waals surface area contributed by atoms with Crippen LogP contribution in [-0.2, 0) is 6.54 Å². The molecule has 0 spiro atoms. The molecule has 4 nitrogen and oxygen atoms in total. The van der Waals surface area contributed by atoms with Gasteiger partial charge in [0.2, 0.25) is 0 Å². The molecule has 0 fully saturated rings. The number of nitrogens with two attached hydrogens (primary N) is 2. The highest BCUT2D eigenvalue weighted by atomic mass is 19.1. The maximum atomic E-state index is 13.1. The van der Waals surface area contributed by atoms with Gasteiger partial charge in [0.25, 0.3) is 5.91 Å². The molecule has 5 heteroatoms. The minimum atomic E-state index is -0.561. The number of amides is 1. The zero-order chi connectivity index (χ0) is 13.8. The van der Waals surface area contributed by atoms with Gasteiger partial charge >= 0.3 is 0 Å². The van der Waals surface area contributed by atoms with E-state index >= 15 is 0 Å². The first-order chi connectivity index (χ1) is 9.08. The van der Waals surface area contributed by atoms with E-state index in [1.165, 1.54) is 12.1 Å². The standard InChI is InChI=1S/C14H14FN3O/c15-10-4-1-3-9(7-10)8-18-13-11(14(17)19)5-2-6-12(13)16/h1-7,18H,8,16H2,(H2,17,19). The average molecular weight is 259 g/mol. The lowest BCUT2D eigenvalue weighted by atomic mass is 10.1. The van der Waals surface area contributed by atoms with E-state index in [2.05, 4.69) is 5.32 Å². The normalized spacial score (nSPS) is 10.2. The fraction of sp³-hybridized carbons (Fsp3) is 0.0714. The second kappa shape index (κ2) is 5.39. The molecule has 0 unspecified atom stereocenters. The number of hydrogen-bond donors (Lipinski definition) is 3. The molecule has 19 heavy (non-hydrogen) atoms. The summed E-state index contributed by atoms with van der Waals surface area (Å²) in [5.41, 5.74) is 13.1. The number of primary amides is 1. The van der Waals surface area contributed by atoms with Crippen molar-refractivity contribution in [2.45, 2.75) is 6.54 Å². The Morgan fingerprint density at radius 2 is 1.95 bits per heavy atom. The molecule has 0 aliphatic carbocycles. The van der Waals surface area contributed by atoms with Crippen molar-refractivity contribution in [2.24, 2.45) is 5.73 Å². The van der Waals surface area contributed by atoms with Crippen LogP contribution in [-0.4, -0.2) is 5.91 Å². The smallest absolute Gasteiger partial charge is 0.250 e. The maximum absolute atomic E-state index is 13.1. The molecule has 0 aliphatic rings. The molecule has 0 bridgehead atoms. The first-order valence-corrected chi connectivity index (χ1v) is 5.74. The van der Waals surface area contributed by atoms with E-state index in [4.69, 9.17) is 11.5 Å². The summed E-state index contributed by atoms with van der Waals surface area (Å²) in [6.45, 7) is 0.353. The molecular formula is C14H14FN3O. The van der Waals surface area contributed by atoms with Crippen LogP contribution >= 0.6 is 0 Å². The number of hydrogen-bond acceptors (Lipinski definition) is 3. The van der Waals surface area contributed by atoms with Gasteiger partial charge in [-0.2, -0.15) is 0 Å². The molecule has 0 radical (unpaired) electrons. The molecular weight excluding hydrogens is 245 g/mol. The molecule has 0 atom stereocenters. The van der Waals surface area contributed by atoms with Gasteiger partial charge in [0.1, 0.15) is 5.82 Å². The van der Waals surface area contributed by atoms with Gasteiger partial charge in [0.15, 0.2) is 0 Å². The van der Waals surface area contributed by atoms with Crippen LogP contribution in [0.25, 0.3) is 0 Å². The number of halogens is 1. The van der Waals surface area contributed by atoms with E-state index in [-0.39, 0.29) is 5.82 Å². The van der Waals surface area contributed by atoms with Gasteiger partial charge < -0.3 is 16.8 Å². The first kappa shape index (κ1) is 12.9. The number of benzene rings is 2. The minimum Gasteiger partial charge on any atom is -0.397 e. The van der Waals surface area contributed by atoms with Gasteiger partial charge in [-0.15, -0.1) is 0 Å². The summed E-state index contributed by atoms with van der Waals surface area (Å²) >= 11 is 0. The minimum absolute atomic E-state index is 0.310. The summed E-state index contributed by atoms with van der Waals surface area (Å²) in [4.78, 5) is 11.3. The Morgan fingerprint density at radius 3 is 2.63 bits per heavy atom. The Kier molecular flexibility index (Phi) is 3.66. The molecule has 0 saturated carbocycles. The summed E-state index contributed by atoms with van der Waals surface area (Å²) < 4.78 is 13.1. The van der Waals surface area contributed by atoms with Crippen molar-refractivity contribution in [3.05, 3.63) is 59.4 Å². The predicted molar refractivity (Wildman–Crippen MR) is 73.1 cm³/mol. The van der Waals surface area contributed by atoms with Crippen LogP contribution in [0, 0.1) is 5.82 Å². The molecule has 5 N–H and O–H groups in total. The molecule has 2 rings (SSSR count). The molecule has 0 heterocycles. The maximum Gasteiger partial charge on any atom is 0.250 e. The quantitative estimate of drug-likeness (QED) is 0.736. The molecule has 0 aliphatic heterocycles. The summed E-state index contributed by atoms with van der Waals surface area (Å²) in [6, 6.07) is 11.1. The van der Waals surface area contributed by atoms with E-state index in [9.17, 15) is 9.18 Å². The van der Waals surface area contributed by atoms with E-state index in [1.807, 2.05) is 0 Å². The van der Waals surface area contributed by atoms with Crippen LogP contribution in [0.3, 0.4) is 0 Å². The van der Waals surface area contributed by atoms with Crippen molar-refractivity contribution in [3.63, 3.8) is 0 Å². The van der Waals surface area contributed by atoms with Crippen molar-refractivity contribution in [1.82, 2.24) is 0 Å². The van der Waals surface area contributed by atoms with E-state index in [0.717, 1.165) is 5.56 Å². The molecule has 0 aromatic heterocycles. The molecule has 2 aromatic carbocycles. The van der Waals surface area contributed by atoms with Gasteiger partial charge in [-0.05, 0) is 29.8 Å². The van der Waals surface area contributed by atoms with Crippen LogP contribution in [0.4, 0.5) is 15.8 Å². The number of nitrogens with one attached hydrogen (secondary N) is 1. The lowest BCUT2D eigenvalue weighted by molar-refractivity contribution is 0.100. The Balaban J connectivity index is 2.22. The summed E-state index contributed by atoms with van der Waals surface area (Å²) in [5.74, 6) is -0.871. The predicted octanol–water partition coefficient (Wildman–Crippen LogP) is 2.12. The number of nitrogen functional groups attached to an aromatic ring is 1. The Hall–Kier alpha value is -2.56. The van der Waals surface area contributed by atoms with E-state index in [1.54, 1.807) is 30.3 Å².